The second-order valence-corrected chi connectivity index (χ2v) is 5.43. The van der Waals surface area contributed by atoms with E-state index in [0.717, 1.165) is 31.2 Å². The lowest BCUT2D eigenvalue weighted by Crippen LogP contribution is -2.30. The predicted molar refractivity (Wildman–Crippen MR) is 77.6 cm³/mol. The van der Waals surface area contributed by atoms with E-state index in [2.05, 4.69) is 5.32 Å². The summed E-state index contributed by atoms with van der Waals surface area (Å²) in [5.41, 5.74) is 0.868. The molecule has 1 fully saturated rings. The van der Waals surface area contributed by atoms with Crippen LogP contribution in [0.4, 0.5) is 4.39 Å². The molecule has 0 spiro atoms. The molecule has 0 heterocycles. The summed E-state index contributed by atoms with van der Waals surface area (Å²) in [7, 11) is 3.59. The molecule has 0 radical (unpaired) electrons. The Kier molecular flexibility index (Phi) is 5.38. The van der Waals surface area contributed by atoms with E-state index in [1.807, 2.05) is 20.0 Å². The summed E-state index contributed by atoms with van der Waals surface area (Å²) in [6.45, 7) is 2.00. The molecule has 0 aliphatic heterocycles. The van der Waals surface area contributed by atoms with Crippen molar-refractivity contribution in [1.82, 2.24) is 5.32 Å². The van der Waals surface area contributed by atoms with Crippen molar-refractivity contribution in [2.24, 2.45) is 0 Å². The smallest absolute Gasteiger partial charge is 0.165 e. The maximum Gasteiger partial charge on any atom is 0.165 e. The van der Waals surface area contributed by atoms with E-state index >= 15 is 0 Å². The molecule has 3 unspecified atom stereocenters. The Hall–Kier alpha value is -1.13. The van der Waals surface area contributed by atoms with Gasteiger partial charge in [0.25, 0.3) is 0 Å². The van der Waals surface area contributed by atoms with Crippen LogP contribution in [0.3, 0.4) is 0 Å². The molecular weight excluding hydrogens is 257 g/mol. The molecule has 0 bridgehead atoms. The average Bonchev–Trinajstić information content (AvgIpc) is 2.48. The molecule has 3 nitrogen and oxygen atoms in total. The molecule has 0 aromatic heterocycles. The van der Waals surface area contributed by atoms with E-state index in [-0.39, 0.29) is 24.1 Å². The molecule has 2 rings (SSSR count). The van der Waals surface area contributed by atoms with Crippen molar-refractivity contribution in [1.29, 1.82) is 0 Å². The Bertz CT molecular complexity index is 438. The fourth-order valence-corrected chi connectivity index (χ4v) is 2.74. The van der Waals surface area contributed by atoms with E-state index in [9.17, 15) is 4.39 Å². The standard InChI is InChI=1S/C16H24FNO2/c1-11(18-2)14-8-5-9-15(17)16(14)20-13-7-4-6-12(10-13)19-3/h5,8-9,11-13,18H,4,6-7,10H2,1-3H3. The fraction of sp³-hybridized carbons (Fsp3) is 0.625. The lowest BCUT2D eigenvalue weighted by atomic mass is 9.94. The van der Waals surface area contributed by atoms with Crippen LogP contribution in [0.2, 0.25) is 0 Å². The van der Waals surface area contributed by atoms with Gasteiger partial charge in [0.15, 0.2) is 11.6 Å². The van der Waals surface area contributed by atoms with Crippen LogP contribution in [0.25, 0.3) is 0 Å². The highest BCUT2D eigenvalue weighted by molar-refractivity contribution is 5.37. The second-order valence-electron chi connectivity index (χ2n) is 5.43. The molecule has 1 aromatic carbocycles. The lowest BCUT2D eigenvalue weighted by Gasteiger charge is -2.30. The van der Waals surface area contributed by atoms with Crippen molar-refractivity contribution < 1.29 is 13.9 Å². The van der Waals surface area contributed by atoms with Crippen LogP contribution in [0, 0.1) is 5.82 Å². The molecule has 112 valence electrons. The molecule has 0 amide bonds. The quantitative estimate of drug-likeness (QED) is 0.896. The number of rotatable bonds is 5. The number of hydrogen-bond donors (Lipinski definition) is 1. The van der Waals surface area contributed by atoms with Crippen LogP contribution in [-0.2, 0) is 4.74 Å². The van der Waals surface area contributed by atoms with Crippen molar-refractivity contribution in [3.8, 4) is 5.75 Å². The molecule has 1 N–H and O–H groups in total. The van der Waals surface area contributed by atoms with Gasteiger partial charge in [-0.05, 0) is 39.3 Å². The summed E-state index contributed by atoms with van der Waals surface area (Å²) >= 11 is 0. The molecular formula is C16H24FNO2. The van der Waals surface area contributed by atoms with Crippen molar-refractivity contribution in [2.75, 3.05) is 14.2 Å². The zero-order valence-corrected chi connectivity index (χ0v) is 12.5. The van der Waals surface area contributed by atoms with Crippen molar-refractivity contribution in [3.63, 3.8) is 0 Å². The molecule has 1 aromatic rings. The molecule has 1 saturated carbocycles. The number of para-hydroxylation sites is 1. The maximum absolute atomic E-state index is 14.1. The summed E-state index contributed by atoms with van der Waals surface area (Å²) in [6.07, 6.45) is 4.18. The first kappa shape index (κ1) is 15.3. The van der Waals surface area contributed by atoms with Gasteiger partial charge in [-0.2, -0.15) is 0 Å². The molecule has 1 aliphatic carbocycles. The third kappa shape index (κ3) is 3.49. The minimum atomic E-state index is -0.288. The number of benzene rings is 1. The van der Waals surface area contributed by atoms with Crippen LogP contribution in [0.15, 0.2) is 18.2 Å². The van der Waals surface area contributed by atoms with E-state index in [0.29, 0.717) is 5.75 Å². The first-order chi connectivity index (χ1) is 9.65. The van der Waals surface area contributed by atoms with Gasteiger partial charge in [0.2, 0.25) is 0 Å². The highest BCUT2D eigenvalue weighted by atomic mass is 19.1. The van der Waals surface area contributed by atoms with E-state index in [4.69, 9.17) is 9.47 Å². The van der Waals surface area contributed by atoms with Gasteiger partial charge in [-0.25, -0.2) is 4.39 Å². The van der Waals surface area contributed by atoms with Crippen molar-refractivity contribution in [3.05, 3.63) is 29.6 Å². The summed E-state index contributed by atoms with van der Waals surface area (Å²) in [4.78, 5) is 0. The number of ether oxygens (including phenoxy) is 2. The van der Waals surface area contributed by atoms with Gasteiger partial charge < -0.3 is 14.8 Å². The van der Waals surface area contributed by atoms with Gasteiger partial charge in [0, 0.05) is 25.1 Å². The van der Waals surface area contributed by atoms with Crippen LogP contribution in [-0.4, -0.2) is 26.4 Å². The van der Waals surface area contributed by atoms with Gasteiger partial charge >= 0.3 is 0 Å². The Balaban J connectivity index is 2.15. The van der Waals surface area contributed by atoms with Gasteiger partial charge in [-0.15, -0.1) is 0 Å². The predicted octanol–water partition coefficient (Wildman–Crippen LogP) is 3.44. The first-order valence-electron chi connectivity index (χ1n) is 7.30. The SMILES string of the molecule is CNC(C)c1cccc(F)c1OC1CCCC(OC)C1. The Morgan fingerprint density at radius 1 is 1.30 bits per heavy atom. The maximum atomic E-state index is 14.1. The fourth-order valence-electron chi connectivity index (χ4n) is 2.74. The topological polar surface area (TPSA) is 30.5 Å². The molecule has 1 aliphatic rings. The summed E-state index contributed by atoms with van der Waals surface area (Å²) in [5.74, 6) is 0.0974. The van der Waals surface area contributed by atoms with E-state index in [1.165, 1.54) is 6.07 Å². The molecule has 4 heteroatoms. The summed E-state index contributed by atoms with van der Waals surface area (Å²) in [5, 5.41) is 3.13. The van der Waals surface area contributed by atoms with Crippen LogP contribution in [0.5, 0.6) is 5.75 Å². The monoisotopic (exact) mass is 281 g/mol. The number of methoxy groups -OCH3 is 1. The summed E-state index contributed by atoms with van der Waals surface area (Å²) < 4.78 is 25.5. The van der Waals surface area contributed by atoms with Crippen LogP contribution >= 0.6 is 0 Å². The zero-order chi connectivity index (χ0) is 14.5. The first-order valence-corrected chi connectivity index (χ1v) is 7.30. The van der Waals surface area contributed by atoms with E-state index < -0.39 is 0 Å². The third-order valence-corrected chi connectivity index (χ3v) is 4.09. The Morgan fingerprint density at radius 3 is 2.75 bits per heavy atom. The largest absolute Gasteiger partial charge is 0.487 e. The minimum absolute atomic E-state index is 0.0356. The summed E-state index contributed by atoms with van der Waals surface area (Å²) in [6, 6.07) is 5.15. The Labute approximate surface area is 120 Å². The molecule has 3 atom stereocenters. The minimum Gasteiger partial charge on any atom is -0.487 e. The lowest BCUT2D eigenvalue weighted by molar-refractivity contribution is 0.0193. The van der Waals surface area contributed by atoms with Gasteiger partial charge in [-0.3, -0.25) is 0 Å². The van der Waals surface area contributed by atoms with Gasteiger partial charge in [0.05, 0.1) is 6.10 Å². The van der Waals surface area contributed by atoms with Gasteiger partial charge in [-0.1, -0.05) is 12.1 Å². The average molecular weight is 281 g/mol. The number of hydrogen-bond acceptors (Lipinski definition) is 3. The second kappa shape index (κ2) is 7.04. The highest BCUT2D eigenvalue weighted by Gasteiger charge is 2.25. The van der Waals surface area contributed by atoms with Crippen LogP contribution in [0.1, 0.15) is 44.2 Å². The number of nitrogens with one attached hydrogen (secondary N) is 1. The van der Waals surface area contributed by atoms with Crippen LogP contribution < -0.4 is 10.1 Å². The van der Waals surface area contributed by atoms with Crippen molar-refractivity contribution in [2.45, 2.75) is 50.9 Å². The normalized spacial score (nSPS) is 24.4. The Morgan fingerprint density at radius 2 is 2.05 bits per heavy atom. The molecule has 20 heavy (non-hydrogen) atoms. The highest BCUT2D eigenvalue weighted by Crippen LogP contribution is 2.32. The zero-order valence-electron chi connectivity index (χ0n) is 12.5. The number of halogens is 1. The van der Waals surface area contributed by atoms with Crippen molar-refractivity contribution >= 4 is 0 Å². The van der Waals surface area contributed by atoms with Gasteiger partial charge in [0.1, 0.15) is 6.10 Å². The molecule has 0 saturated heterocycles. The third-order valence-electron chi connectivity index (χ3n) is 4.09. The van der Waals surface area contributed by atoms with E-state index in [1.54, 1.807) is 13.2 Å².